The Morgan fingerprint density at radius 3 is 2.44 bits per heavy atom. The van der Waals surface area contributed by atoms with Crippen LogP contribution in [0.5, 0.6) is 0 Å². The Labute approximate surface area is 159 Å². The first-order valence-corrected chi connectivity index (χ1v) is 9.56. The van der Waals surface area contributed by atoms with E-state index in [4.69, 9.17) is 23.2 Å². The minimum Gasteiger partial charge on any atom is -0.307 e. The van der Waals surface area contributed by atoms with Crippen LogP contribution in [0, 0.1) is 0 Å². The van der Waals surface area contributed by atoms with Gasteiger partial charge in [0, 0.05) is 27.5 Å². The fraction of sp³-hybridized carbons (Fsp3) is 0.273. The van der Waals surface area contributed by atoms with Gasteiger partial charge < -0.3 is 5.32 Å². The number of hydrogen-bond acceptors (Lipinski definition) is 1. The molecule has 0 saturated heterocycles. The molecule has 1 fully saturated rings. The van der Waals surface area contributed by atoms with Crippen LogP contribution in [-0.4, -0.2) is 6.04 Å². The lowest BCUT2D eigenvalue weighted by Gasteiger charge is -2.38. The summed E-state index contributed by atoms with van der Waals surface area (Å²) in [5.74, 6) is 0.616. The lowest BCUT2D eigenvalue weighted by molar-refractivity contribution is 0.271. The second kappa shape index (κ2) is 6.99. The van der Waals surface area contributed by atoms with Crippen LogP contribution in [0.4, 0.5) is 0 Å². The predicted molar refractivity (Wildman–Crippen MR) is 108 cm³/mol. The van der Waals surface area contributed by atoms with Gasteiger partial charge in [-0.1, -0.05) is 65.7 Å². The molecule has 1 aliphatic carbocycles. The average Bonchev–Trinajstić information content (AvgIpc) is 2.58. The maximum Gasteiger partial charge on any atom is 0.0484 e. The van der Waals surface area contributed by atoms with E-state index >= 15 is 0 Å². The lowest BCUT2D eigenvalue weighted by Crippen LogP contribution is -2.41. The number of fused-ring (bicyclic) bond motifs is 1. The van der Waals surface area contributed by atoms with Crippen LogP contribution >= 0.6 is 23.2 Å². The Morgan fingerprint density at radius 1 is 0.920 bits per heavy atom. The van der Waals surface area contributed by atoms with E-state index in [2.05, 4.69) is 48.6 Å². The zero-order valence-corrected chi connectivity index (χ0v) is 15.7. The molecule has 0 amide bonds. The van der Waals surface area contributed by atoms with Gasteiger partial charge in [0.25, 0.3) is 0 Å². The van der Waals surface area contributed by atoms with Crippen molar-refractivity contribution in [2.24, 2.45) is 0 Å². The molecule has 3 heteroatoms. The summed E-state index contributed by atoms with van der Waals surface area (Å²) in [6.45, 7) is 2.24. The van der Waals surface area contributed by atoms with Gasteiger partial charge in [0.15, 0.2) is 0 Å². The first-order valence-electron chi connectivity index (χ1n) is 8.80. The number of benzene rings is 3. The number of nitrogens with one attached hydrogen (secondary N) is 1. The smallest absolute Gasteiger partial charge is 0.0484 e. The molecule has 1 atom stereocenters. The van der Waals surface area contributed by atoms with Crippen molar-refractivity contribution in [1.82, 2.24) is 5.32 Å². The van der Waals surface area contributed by atoms with Gasteiger partial charge in [-0.2, -0.15) is 0 Å². The first kappa shape index (κ1) is 16.9. The van der Waals surface area contributed by atoms with Gasteiger partial charge in [-0.3, -0.25) is 0 Å². The third kappa shape index (κ3) is 3.42. The molecule has 128 valence electrons. The van der Waals surface area contributed by atoms with E-state index in [0.29, 0.717) is 18.0 Å². The molecular weight excluding hydrogens is 349 g/mol. The Kier molecular flexibility index (Phi) is 4.73. The van der Waals surface area contributed by atoms with Gasteiger partial charge in [0.2, 0.25) is 0 Å². The molecule has 0 radical (unpaired) electrons. The van der Waals surface area contributed by atoms with Crippen molar-refractivity contribution in [3.05, 3.63) is 81.8 Å². The van der Waals surface area contributed by atoms with Crippen molar-refractivity contribution in [2.45, 2.75) is 37.8 Å². The highest BCUT2D eigenvalue weighted by Gasteiger charge is 2.31. The number of rotatable bonds is 4. The Morgan fingerprint density at radius 2 is 1.68 bits per heavy atom. The largest absolute Gasteiger partial charge is 0.307 e. The fourth-order valence-corrected chi connectivity index (χ4v) is 4.32. The highest BCUT2D eigenvalue weighted by atomic mass is 35.5. The fourth-order valence-electron chi connectivity index (χ4n) is 3.89. The van der Waals surface area contributed by atoms with E-state index in [9.17, 15) is 0 Å². The monoisotopic (exact) mass is 369 g/mol. The summed E-state index contributed by atoms with van der Waals surface area (Å²) in [6.07, 6.45) is 2.33. The zero-order chi connectivity index (χ0) is 17.4. The lowest BCUT2D eigenvalue weighted by atomic mass is 9.75. The van der Waals surface area contributed by atoms with Crippen molar-refractivity contribution in [3.8, 4) is 0 Å². The third-order valence-electron chi connectivity index (χ3n) is 5.31. The number of hydrogen-bond donors (Lipinski definition) is 1. The Bertz CT molecular complexity index is 899. The van der Waals surface area contributed by atoms with Crippen LogP contribution in [-0.2, 0) is 0 Å². The van der Waals surface area contributed by atoms with Crippen molar-refractivity contribution in [1.29, 1.82) is 0 Å². The molecule has 1 saturated carbocycles. The summed E-state index contributed by atoms with van der Waals surface area (Å²) in [7, 11) is 0. The van der Waals surface area contributed by atoms with Gasteiger partial charge in [-0.15, -0.1) is 0 Å². The second-order valence-corrected chi connectivity index (χ2v) is 7.83. The summed E-state index contributed by atoms with van der Waals surface area (Å²) >= 11 is 12.5. The molecular formula is C22H21Cl2N. The predicted octanol–water partition coefficient (Wildman–Crippen LogP) is 6.74. The molecule has 0 heterocycles. The molecule has 0 bridgehead atoms. The average molecular weight is 370 g/mol. The molecule has 1 unspecified atom stereocenters. The van der Waals surface area contributed by atoms with E-state index in [1.807, 2.05) is 24.3 Å². The summed E-state index contributed by atoms with van der Waals surface area (Å²) in [5, 5.41) is 7.79. The summed E-state index contributed by atoms with van der Waals surface area (Å²) in [4.78, 5) is 0. The molecule has 0 spiro atoms. The Balaban J connectivity index is 1.46. The second-order valence-electron chi connectivity index (χ2n) is 6.99. The molecule has 3 aromatic carbocycles. The summed E-state index contributed by atoms with van der Waals surface area (Å²) in [5.41, 5.74) is 2.67. The van der Waals surface area contributed by atoms with Crippen LogP contribution in [0.3, 0.4) is 0 Å². The minimum absolute atomic E-state index is 0.299. The van der Waals surface area contributed by atoms with E-state index in [1.165, 1.54) is 16.5 Å². The maximum atomic E-state index is 6.35. The summed E-state index contributed by atoms with van der Waals surface area (Å²) < 4.78 is 0. The molecule has 0 aromatic heterocycles. The quantitative estimate of drug-likeness (QED) is 0.536. The van der Waals surface area contributed by atoms with Crippen LogP contribution in [0.1, 0.15) is 42.9 Å². The van der Waals surface area contributed by atoms with Crippen molar-refractivity contribution in [3.63, 3.8) is 0 Å². The molecule has 4 rings (SSSR count). The van der Waals surface area contributed by atoms with Crippen LogP contribution in [0.15, 0.2) is 60.7 Å². The van der Waals surface area contributed by atoms with Gasteiger partial charge in [-0.05, 0) is 60.4 Å². The minimum atomic E-state index is 0.299. The molecule has 1 nitrogen and oxygen atoms in total. The highest BCUT2D eigenvalue weighted by Crippen LogP contribution is 2.39. The molecule has 0 aliphatic heterocycles. The van der Waals surface area contributed by atoms with E-state index in [-0.39, 0.29) is 0 Å². The Hall–Kier alpha value is -1.54. The van der Waals surface area contributed by atoms with Crippen LogP contribution < -0.4 is 5.32 Å². The number of halogens is 2. The van der Waals surface area contributed by atoms with E-state index < -0.39 is 0 Å². The van der Waals surface area contributed by atoms with Crippen molar-refractivity contribution in [2.75, 3.05) is 0 Å². The van der Waals surface area contributed by atoms with Gasteiger partial charge in [0.1, 0.15) is 0 Å². The topological polar surface area (TPSA) is 12.0 Å². The van der Waals surface area contributed by atoms with E-state index in [0.717, 1.165) is 28.3 Å². The highest BCUT2D eigenvalue weighted by molar-refractivity contribution is 6.35. The first-order chi connectivity index (χ1) is 12.1. The SMILES string of the molecule is CC(NC1CC(c2cccc(Cl)c2)C1)c1ccc(Cl)c2ccccc12. The normalized spacial score (nSPS) is 21.1. The van der Waals surface area contributed by atoms with Crippen molar-refractivity contribution < 1.29 is 0 Å². The molecule has 3 aromatic rings. The molecule has 1 N–H and O–H groups in total. The third-order valence-corrected chi connectivity index (χ3v) is 5.88. The maximum absolute atomic E-state index is 6.35. The van der Waals surface area contributed by atoms with Gasteiger partial charge in [-0.25, -0.2) is 0 Å². The standard InChI is InChI=1S/C22H21Cl2N/c1-14(19-9-10-22(24)21-8-3-2-7-20(19)21)25-18-12-16(13-18)15-5-4-6-17(23)11-15/h2-11,14,16,18,25H,12-13H2,1H3. The van der Waals surface area contributed by atoms with E-state index in [1.54, 1.807) is 0 Å². The van der Waals surface area contributed by atoms with Crippen LogP contribution in [0.25, 0.3) is 10.8 Å². The molecule has 25 heavy (non-hydrogen) atoms. The summed E-state index contributed by atoms with van der Waals surface area (Å²) in [6, 6.07) is 21.6. The molecule has 1 aliphatic rings. The zero-order valence-electron chi connectivity index (χ0n) is 14.2. The van der Waals surface area contributed by atoms with Gasteiger partial charge >= 0.3 is 0 Å². The van der Waals surface area contributed by atoms with Crippen LogP contribution in [0.2, 0.25) is 10.0 Å². The van der Waals surface area contributed by atoms with Gasteiger partial charge in [0.05, 0.1) is 0 Å². The van der Waals surface area contributed by atoms with Crippen molar-refractivity contribution >= 4 is 34.0 Å².